The maximum Gasteiger partial charge on any atom is 0.335 e. The Morgan fingerprint density at radius 2 is 1.04 bits per heavy atom. The van der Waals surface area contributed by atoms with Gasteiger partial charge in [-0.1, -0.05) is 47.0 Å². The van der Waals surface area contributed by atoms with E-state index in [9.17, 15) is 74.7 Å². The minimum Gasteiger partial charge on any atom is -0.479 e. The van der Waals surface area contributed by atoms with Crippen LogP contribution in [0.4, 0.5) is 0 Å². The lowest BCUT2D eigenvalue weighted by Gasteiger charge is -2.51. The summed E-state index contributed by atoms with van der Waals surface area (Å²) in [5.41, 5.74) is -1.84. The predicted octanol–water partition coefficient (Wildman–Crippen LogP) is -2.91. The number of carboxylic acids is 1. The third-order valence-electron chi connectivity index (χ3n) is 14.0. The fraction of sp³-hybridized carbons (Fsp3) is 0.887. The lowest BCUT2D eigenvalue weighted by molar-refractivity contribution is -0.371. The van der Waals surface area contributed by atoms with Gasteiger partial charge in [-0.3, -0.25) is 24.0 Å². The second-order valence-electron chi connectivity index (χ2n) is 23.1. The topological polar surface area (TPSA) is 425 Å². The highest BCUT2D eigenvalue weighted by molar-refractivity contribution is 5.81. The molecule has 0 spiro atoms. The summed E-state index contributed by atoms with van der Waals surface area (Å²) in [6, 6.07) is -3.14. The highest BCUT2D eigenvalue weighted by Gasteiger charge is 2.58. The molecule has 20 unspecified atom stereocenters. The SMILES string of the molecule is CCCOCCOC(=O)CCCCCCCC(=O)NCCCNC(=O)C1OC(OC2C(O)C(CO)OC(OC3C(C(=O)O)OC(OC4C(O)C(CO)OC(OC(C)(C)C)C4NC(C)=O)C(O)C3O)C2NC(C)=O)C(O)C(O)C1C(C)(C)C. The monoisotopic (exact) mass is 1180 g/mol. The maximum absolute atomic E-state index is 14.0. The molecule has 0 aromatic carbocycles. The van der Waals surface area contributed by atoms with Crippen LogP contribution >= 0.6 is 0 Å². The van der Waals surface area contributed by atoms with Crippen molar-refractivity contribution in [3.8, 4) is 0 Å². The fourth-order valence-corrected chi connectivity index (χ4v) is 10.1. The largest absolute Gasteiger partial charge is 0.479 e. The standard InChI is InChI=1S/C53H92N4O25/c1-10-21-73-22-23-74-31(63)18-15-13-11-12-14-17-30(62)54-19-16-20-55-46(70)41-32(52(4,5)6)37(66)39(68)50(77-41)78-42-33(56-26(2)60)48(75-28(24-58)35(42)64)80-44-38(67)40(69)51(81-45(44)47(71)72)79-43-34(57-27(3)61)49(82-53(7,8)9)76-29(25-59)36(43)65/h28-29,32-45,48-51,58-59,64-69H,10-25H2,1-9H3,(H,54,62)(H,55,70)(H,56,60)(H,57,61)(H,71,72). The molecule has 4 heterocycles. The number of aliphatic hydroxyl groups is 8. The van der Waals surface area contributed by atoms with Crippen LogP contribution in [-0.4, -0.2) is 250 Å². The van der Waals surface area contributed by atoms with Crippen molar-refractivity contribution in [1.29, 1.82) is 0 Å². The number of esters is 1. The van der Waals surface area contributed by atoms with Crippen LogP contribution in [0.1, 0.15) is 120 Å². The molecule has 4 aliphatic heterocycles. The minimum atomic E-state index is -2.28. The molecule has 4 aliphatic rings. The molecule has 0 aliphatic carbocycles. The Bertz CT molecular complexity index is 2010. The molecule has 20 atom stereocenters. The second kappa shape index (κ2) is 33.2. The Kier molecular flexibility index (Phi) is 28.6. The van der Waals surface area contributed by atoms with Crippen LogP contribution in [0.2, 0.25) is 0 Å². The molecule has 0 bridgehead atoms. The number of unbranched alkanes of at least 4 members (excludes halogenated alkanes) is 4. The van der Waals surface area contributed by atoms with Crippen molar-refractivity contribution >= 4 is 35.6 Å². The molecule has 4 rings (SSSR count). The van der Waals surface area contributed by atoms with Gasteiger partial charge >= 0.3 is 11.9 Å². The number of carbonyl (C=O) groups excluding carboxylic acids is 5. The third kappa shape index (κ3) is 20.7. The van der Waals surface area contributed by atoms with Gasteiger partial charge in [0.15, 0.2) is 31.3 Å². The normalized spacial score (nSPS) is 34.4. The van der Waals surface area contributed by atoms with E-state index < -0.39 is 170 Å². The first-order valence-corrected chi connectivity index (χ1v) is 28.2. The molecule has 0 aromatic rings. The van der Waals surface area contributed by atoms with Crippen LogP contribution in [0.3, 0.4) is 0 Å². The number of hydrogen-bond donors (Lipinski definition) is 13. The van der Waals surface area contributed by atoms with Gasteiger partial charge in [-0.15, -0.1) is 0 Å². The van der Waals surface area contributed by atoms with Crippen LogP contribution in [-0.2, 0) is 76.1 Å². The summed E-state index contributed by atoms with van der Waals surface area (Å²) in [6.45, 7) is 13.9. The Morgan fingerprint density at radius 3 is 1.56 bits per heavy atom. The van der Waals surface area contributed by atoms with Crippen molar-refractivity contribution in [1.82, 2.24) is 21.3 Å². The van der Waals surface area contributed by atoms with Crippen LogP contribution in [0.15, 0.2) is 0 Å². The number of rotatable bonds is 30. The first-order valence-electron chi connectivity index (χ1n) is 28.2. The van der Waals surface area contributed by atoms with Gasteiger partial charge in [-0.05, 0) is 51.9 Å². The van der Waals surface area contributed by atoms with E-state index in [0.29, 0.717) is 32.5 Å². The van der Waals surface area contributed by atoms with Gasteiger partial charge in [-0.2, -0.15) is 0 Å². The number of hydrogen-bond acceptors (Lipinski definition) is 24. The average molecular weight is 1190 g/mol. The molecule has 29 nitrogen and oxygen atoms in total. The molecule has 82 heavy (non-hydrogen) atoms. The highest BCUT2D eigenvalue weighted by atomic mass is 16.8. The van der Waals surface area contributed by atoms with Crippen molar-refractivity contribution in [3.63, 3.8) is 0 Å². The summed E-state index contributed by atoms with van der Waals surface area (Å²) in [6.07, 6.45) is -26.4. The highest BCUT2D eigenvalue weighted by Crippen LogP contribution is 2.41. The van der Waals surface area contributed by atoms with Crippen molar-refractivity contribution < 1.29 is 122 Å². The Balaban J connectivity index is 1.44. The predicted molar refractivity (Wildman–Crippen MR) is 281 cm³/mol. The van der Waals surface area contributed by atoms with Gasteiger partial charge in [0.25, 0.3) is 0 Å². The minimum absolute atomic E-state index is 0.0382. The zero-order chi connectivity index (χ0) is 61.2. The van der Waals surface area contributed by atoms with E-state index in [-0.39, 0.29) is 44.4 Å². The second-order valence-corrected chi connectivity index (χ2v) is 23.1. The van der Waals surface area contributed by atoms with Gasteiger partial charge in [0.1, 0.15) is 85.8 Å². The summed E-state index contributed by atoms with van der Waals surface area (Å²) in [5, 5.41) is 111. The molecule has 0 aromatic heterocycles. The van der Waals surface area contributed by atoms with E-state index in [1.54, 1.807) is 41.5 Å². The van der Waals surface area contributed by atoms with E-state index in [1.165, 1.54) is 0 Å². The average Bonchev–Trinajstić information content (AvgIpc) is 2.52. The quantitative estimate of drug-likeness (QED) is 0.0253. The molecule has 0 radical (unpaired) electrons. The fourth-order valence-electron chi connectivity index (χ4n) is 10.1. The summed E-state index contributed by atoms with van der Waals surface area (Å²) >= 11 is 0. The molecule has 0 saturated carbocycles. The first-order chi connectivity index (χ1) is 38.5. The molecular formula is C53H92N4O25. The van der Waals surface area contributed by atoms with Crippen LogP contribution in [0.5, 0.6) is 0 Å². The Labute approximate surface area is 477 Å². The number of ether oxygens (including phenoxy) is 10. The first kappa shape index (κ1) is 70.6. The maximum atomic E-state index is 14.0. The molecule has 474 valence electrons. The lowest BCUT2D eigenvalue weighted by atomic mass is 9.71. The van der Waals surface area contributed by atoms with Gasteiger partial charge in [0.05, 0.1) is 31.5 Å². The van der Waals surface area contributed by atoms with Crippen LogP contribution in [0, 0.1) is 11.3 Å². The number of aliphatic hydroxyl groups excluding tert-OH is 8. The molecule has 4 saturated heterocycles. The van der Waals surface area contributed by atoms with E-state index >= 15 is 0 Å². The number of nitrogens with one attached hydrogen (secondary N) is 4. The van der Waals surface area contributed by atoms with Crippen molar-refractivity contribution in [2.45, 2.75) is 242 Å². The zero-order valence-corrected chi connectivity index (χ0v) is 48.4. The molecule has 13 N–H and O–H groups in total. The number of carbonyl (C=O) groups is 6. The summed E-state index contributed by atoms with van der Waals surface area (Å²) in [7, 11) is 0. The van der Waals surface area contributed by atoms with Gasteiger partial charge in [-0.25, -0.2) is 4.79 Å². The number of amides is 4. The summed E-state index contributed by atoms with van der Waals surface area (Å²) < 4.78 is 57.8. The van der Waals surface area contributed by atoms with Gasteiger partial charge < -0.3 is 115 Å². The van der Waals surface area contributed by atoms with E-state index in [2.05, 4.69) is 21.3 Å². The van der Waals surface area contributed by atoms with E-state index in [1.807, 2.05) is 6.92 Å². The third-order valence-corrected chi connectivity index (χ3v) is 14.0. The Morgan fingerprint density at radius 1 is 0.537 bits per heavy atom. The summed E-state index contributed by atoms with van der Waals surface area (Å²) in [5.74, 6) is -5.58. The van der Waals surface area contributed by atoms with Crippen LogP contribution in [0.25, 0.3) is 0 Å². The van der Waals surface area contributed by atoms with Crippen molar-refractivity contribution in [2.24, 2.45) is 11.3 Å². The molecule has 4 amide bonds. The number of aliphatic carboxylic acids is 1. The molecule has 4 fully saturated rings. The summed E-state index contributed by atoms with van der Waals surface area (Å²) in [4.78, 5) is 76.6. The molecular weight excluding hydrogens is 1090 g/mol. The van der Waals surface area contributed by atoms with Gasteiger partial charge in [0, 0.05) is 52.3 Å². The number of carboxylic acid groups (broad SMARTS) is 1. The van der Waals surface area contributed by atoms with Crippen molar-refractivity contribution in [3.05, 3.63) is 0 Å². The van der Waals surface area contributed by atoms with E-state index in [4.69, 9.17) is 47.4 Å². The van der Waals surface area contributed by atoms with Crippen molar-refractivity contribution in [2.75, 3.05) is 46.1 Å². The Hall–Kier alpha value is -3.86. The smallest absolute Gasteiger partial charge is 0.335 e. The molecule has 29 heteroatoms. The zero-order valence-electron chi connectivity index (χ0n) is 48.4. The lowest BCUT2D eigenvalue weighted by Crippen LogP contribution is -2.71. The van der Waals surface area contributed by atoms with E-state index in [0.717, 1.165) is 39.5 Å². The van der Waals surface area contributed by atoms with Gasteiger partial charge in [0.2, 0.25) is 23.6 Å². The van der Waals surface area contributed by atoms with Crippen LogP contribution < -0.4 is 21.3 Å².